The lowest BCUT2D eigenvalue weighted by atomic mass is 9.85. The summed E-state index contributed by atoms with van der Waals surface area (Å²) in [7, 11) is -34.4. The molecule has 12 atom stereocenters. The Hall–Kier alpha value is -10.8. The van der Waals surface area contributed by atoms with Gasteiger partial charge in [0, 0.05) is 154 Å². The fourth-order valence-corrected chi connectivity index (χ4v) is 24.1. The van der Waals surface area contributed by atoms with Gasteiger partial charge in [-0.15, -0.1) is 0 Å². The minimum atomic E-state index is -5.87. The first-order valence-corrected chi connectivity index (χ1v) is 52.9. The lowest BCUT2D eigenvalue weighted by Crippen LogP contribution is -2.39. The first kappa shape index (κ1) is 104. The number of hydrogen-bond donors (Lipinski definition) is 16. The van der Waals surface area contributed by atoms with Crippen LogP contribution >= 0.6 is 46.9 Å². The summed E-state index contributed by atoms with van der Waals surface area (Å²) in [6, 6.07) is 24.7. The Morgan fingerprint density at radius 2 is 0.879 bits per heavy atom. The molecule has 6 aromatic carbocycles. The van der Waals surface area contributed by atoms with Gasteiger partial charge < -0.3 is 119 Å². The second-order valence-corrected chi connectivity index (χ2v) is 42.1. The monoisotopic (exact) mass is 2060 g/mol. The van der Waals surface area contributed by atoms with Gasteiger partial charge in [0.15, 0.2) is 12.5 Å². The molecule has 0 saturated carbocycles. The van der Waals surface area contributed by atoms with E-state index >= 15 is 0 Å². The molecule has 8 aliphatic rings. The van der Waals surface area contributed by atoms with Crippen LogP contribution in [0, 0.1) is 0 Å². The molecule has 16 N–H and O–H groups in total. The molecular formula is C86H96N10O38P6. The van der Waals surface area contributed by atoms with E-state index in [0.29, 0.717) is 59.6 Å². The van der Waals surface area contributed by atoms with E-state index in [1.165, 1.54) is 54.6 Å². The molecule has 0 bridgehead atoms. The summed E-state index contributed by atoms with van der Waals surface area (Å²) < 4.78 is 123. The molecule has 48 nitrogen and oxygen atoms in total. The number of aromatic amines is 2. The van der Waals surface area contributed by atoms with Crippen molar-refractivity contribution in [2.75, 3.05) is 88.5 Å². The number of phosphoric ester groups is 2. The number of hydrogen-bond acceptors (Lipinski definition) is 32. The number of H-pyrrole nitrogens is 2. The first-order chi connectivity index (χ1) is 66.1. The summed E-state index contributed by atoms with van der Waals surface area (Å²) >= 11 is 0. The van der Waals surface area contributed by atoms with Gasteiger partial charge >= 0.3 is 58.3 Å². The van der Waals surface area contributed by atoms with Crippen LogP contribution in [-0.4, -0.2) is 218 Å². The molecule has 2 fully saturated rings. The zero-order chi connectivity index (χ0) is 101. The van der Waals surface area contributed by atoms with Crippen LogP contribution in [0.25, 0.3) is 23.3 Å². The average Bonchev–Trinajstić information content (AvgIpc) is 1.13. The molecule has 140 heavy (non-hydrogen) atoms. The first-order valence-electron chi connectivity index (χ1n) is 43.8. The molecule has 2 amide bonds. The number of carboxylic acids is 2. The number of aliphatic hydroxyl groups is 4. The molecule has 0 radical (unpaired) electrons. The van der Waals surface area contributed by atoms with Crippen LogP contribution in [0.4, 0.5) is 11.4 Å². The Bertz CT molecular complexity index is 7300. The number of aromatic carboxylic acids is 2. The molecule has 0 spiro atoms. The van der Waals surface area contributed by atoms with E-state index in [9.17, 15) is 116 Å². The number of amides is 2. The number of nitrogens with zero attached hydrogens (tertiary/aromatic N) is 6. The van der Waals surface area contributed by atoms with E-state index in [2.05, 4.69) is 95.7 Å². The van der Waals surface area contributed by atoms with Crippen molar-refractivity contribution in [3.05, 3.63) is 250 Å². The van der Waals surface area contributed by atoms with Crippen molar-refractivity contribution < 1.29 is 162 Å². The van der Waals surface area contributed by atoms with Crippen LogP contribution in [0.15, 0.2) is 129 Å². The summed E-state index contributed by atoms with van der Waals surface area (Å²) in [5.41, 5.74) is 4.82. The number of aromatic nitrogens is 4. The number of ether oxygens (including phenoxy) is 4. The number of carbonyl (C=O) groups excluding carboxylic acids is 4. The number of aryl methyl sites for hydroxylation is 4. The Morgan fingerprint density at radius 1 is 0.471 bits per heavy atom. The van der Waals surface area contributed by atoms with Crippen molar-refractivity contribution in [1.82, 2.24) is 38.9 Å². The van der Waals surface area contributed by atoms with Gasteiger partial charge in [-0.25, -0.2) is 46.1 Å². The minimum absolute atomic E-state index is 0.0164. The van der Waals surface area contributed by atoms with E-state index in [-0.39, 0.29) is 52.0 Å². The third-order valence-corrected chi connectivity index (χ3v) is 32.0. The Labute approximate surface area is 791 Å². The Morgan fingerprint density at radius 3 is 1.29 bits per heavy atom. The van der Waals surface area contributed by atoms with Crippen LogP contribution in [0.2, 0.25) is 0 Å². The number of carboxylic acid groups (broad SMARTS) is 2. The number of anilines is 2. The second kappa shape index (κ2) is 41.6. The van der Waals surface area contributed by atoms with Gasteiger partial charge in [0.05, 0.1) is 48.4 Å². The van der Waals surface area contributed by atoms with Gasteiger partial charge in [0.2, 0.25) is 10.7 Å². The molecule has 16 rings (SSSR count). The van der Waals surface area contributed by atoms with E-state index in [1.807, 2.05) is 46.4 Å². The predicted octanol–water partition coefficient (Wildman–Crippen LogP) is -0.223. The maximum Gasteiger partial charge on any atom is 0.490 e. The fourth-order valence-electron chi connectivity index (χ4n) is 18.1. The van der Waals surface area contributed by atoms with Crippen LogP contribution in [0.3, 0.4) is 0 Å². The third kappa shape index (κ3) is 22.9. The molecule has 8 aliphatic heterocycles. The van der Waals surface area contributed by atoms with Crippen molar-refractivity contribution in [3.63, 3.8) is 0 Å². The number of fused-ring (bicyclic) bond motifs is 8. The van der Waals surface area contributed by atoms with Crippen molar-refractivity contribution in [2.24, 2.45) is 0 Å². The lowest BCUT2D eigenvalue weighted by Gasteiger charge is -2.33. The van der Waals surface area contributed by atoms with Crippen molar-refractivity contribution in [1.29, 1.82) is 0 Å². The highest BCUT2D eigenvalue weighted by Gasteiger charge is 2.50. The molecule has 10 heterocycles. The summed E-state index contributed by atoms with van der Waals surface area (Å²) in [6.45, 7) is 12.3. The SMILES string of the molecule is CCN1CCCc2cc3c(cc21)Oc1cc2c(cc1=C3c1cc(C(=O)NC/C=C/c3cn([C@@H]4O[C@H](COP(=O)(O)OP(=O)(O)OP(=O)(O)O)[C@@H](O)[C@H]4O)c(=O)[nH]c3=O)ccc1C(=O)[O-])CCC[N+]=2CC.CCN1CCCc2cc3c(cc21)Oc1cc2c(cc1=C3c1ccc(C(=O)NC/C=C/c3cn([C@@H]4O[C@H](COP(=O)(O)OP(=O)(O)OP(=O)(O)O)[C@@H](O)[C@H]4O)c(=O)[nH]c3=O)cc1C(=O)[O-])CCC[N+]=2CC. The summed E-state index contributed by atoms with van der Waals surface area (Å²) in [4.78, 5) is 186. The molecule has 0 aliphatic carbocycles. The maximum atomic E-state index is 13.8. The summed E-state index contributed by atoms with van der Waals surface area (Å²) in [5.74, 6) is -2.02. The topological polar surface area (TPSA) is 698 Å². The number of aliphatic hydroxyl groups excluding tert-OH is 4. The average molecular weight is 2060 g/mol. The van der Waals surface area contributed by atoms with E-state index in [0.717, 1.165) is 171 Å². The molecule has 2 aromatic heterocycles. The number of phosphoric acid groups is 6. The third-order valence-electron chi connectivity index (χ3n) is 24.4. The number of nitrogens with one attached hydrogen (secondary N) is 4. The van der Waals surface area contributed by atoms with E-state index < -0.39 is 155 Å². The standard InChI is InChI=1S/2C43H48N5O19P3/c1-3-46-14-6-9-23-16-29-33(19-31(23)46)64-34-20-32-24(10-7-15-47(32)4-2)17-30(34)36(29)28-18-25(11-12-27(28)42(53)54)39(51)44-13-5-8-26-21-48(43(55)45-40(26)52)41-38(50)37(49)35(65-41)22-63-69(59,60)67-70(61,62)66-68(56,57)58;1-3-46-14-6-9-23-16-29-33(19-31(23)46)64-34-20-32-24(10-7-15-47(32)4-2)17-30(34)36(29)27-12-11-25(18-28(27)42(53)54)39(51)44-13-5-8-26-21-48(43(55)45-40(26)52)41-38(50)37(49)35(65-41)22-63-69(59,60)67-70(61,62)66-68(56,57)58/h2*5,8,11-12,16-21,35,37-38,41,49-50H,3-4,6-7,9-10,13-15,22H2,1-2H3,(H6-,44,45,51,52,53,54,55,56,57,58,59,60,61,62)/b2*8-5+/t2*35-,37-,38-,41-/m11/s1. The predicted molar refractivity (Wildman–Crippen MR) is 488 cm³/mol. The van der Waals surface area contributed by atoms with Gasteiger partial charge in [-0.05, 0) is 137 Å². The highest BCUT2D eigenvalue weighted by atomic mass is 31.3. The fraction of sp³-hybridized carbons (Fsp3) is 0.372. The molecule has 4 unspecified atom stereocenters. The number of carbonyl (C=O) groups is 4. The zero-order valence-electron chi connectivity index (χ0n) is 74.7. The minimum Gasteiger partial charge on any atom is -0.545 e. The Kier molecular flexibility index (Phi) is 30.8. The summed E-state index contributed by atoms with van der Waals surface area (Å²) in [6.07, 6.45) is -0.796. The Balaban J connectivity index is 0.000000212. The van der Waals surface area contributed by atoms with E-state index in [4.69, 9.17) is 38.5 Å². The van der Waals surface area contributed by atoms with Crippen LogP contribution in [-0.2, 0) is 88.8 Å². The van der Waals surface area contributed by atoms with Gasteiger partial charge in [-0.2, -0.15) is 17.2 Å². The van der Waals surface area contributed by atoms with Gasteiger partial charge in [0.1, 0.15) is 85.8 Å². The normalized spacial score (nSPS) is 21.5. The smallest absolute Gasteiger partial charge is 0.490 e. The second-order valence-electron chi connectivity index (χ2n) is 33.3. The van der Waals surface area contributed by atoms with Crippen molar-refractivity contribution in [2.45, 2.75) is 128 Å². The van der Waals surface area contributed by atoms with Crippen LogP contribution < -0.4 is 92.9 Å². The summed E-state index contributed by atoms with van der Waals surface area (Å²) in [5, 5.41) is 77.2. The van der Waals surface area contributed by atoms with E-state index in [1.54, 1.807) is 6.07 Å². The molecule has 748 valence electrons. The largest absolute Gasteiger partial charge is 0.545 e. The quantitative estimate of drug-likeness (QED) is 0.0191. The van der Waals surface area contributed by atoms with Crippen LogP contribution in [0.1, 0.15) is 163 Å². The van der Waals surface area contributed by atoms with Crippen molar-refractivity contribution >= 4 is 105 Å². The highest BCUT2D eigenvalue weighted by Crippen LogP contribution is 2.68. The zero-order valence-corrected chi connectivity index (χ0v) is 80.0. The maximum absolute atomic E-state index is 13.8. The molecular weight excluding hydrogens is 1970 g/mol. The van der Waals surface area contributed by atoms with Gasteiger partial charge in [-0.3, -0.25) is 47.3 Å². The van der Waals surface area contributed by atoms with Crippen LogP contribution in [0.5, 0.6) is 23.0 Å². The number of rotatable bonds is 32. The molecule has 8 aromatic rings. The number of benzene rings is 6. The van der Waals surface area contributed by atoms with Gasteiger partial charge in [0.25, 0.3) is 22.9 Å². The highest BCUT2D eigenvalue weighted by molar-refractivity contribution is 7.67. The van der Waals surface area contributed by atoms with Crippen molar-refractivity contribution in [3.8, 4) is 23.0 Å². The van der Waals surface area contributed by atoms with Gasteiger partial charge in [-0.1, -0.05) is 36.4 Å². The molecule has 2 saturated heterocycles. The molecule has 54 heteroatoms. The lowest BCUT2D eigenvalue weighted by molar-refractivity contribution is -0.256.